The molecule has 0 radical (unpaired) electrons. The molecule has 0 bridgehead atoms. The molecule has 0 atom stereocenters. The Bertz CT molecular complexity index is 3480. The lowest BCUT2D eigenvalue weighted by Crippen LogP contribution is -2.49. The van der Waals surface area contributed by atoms with Crippen LogP contribution in [0.15, 0.2) is 234 Å². The summed E-state index contributed by atoms with van der Waals surface area (Å²) >= 11 is 0. The van der Waals surface area contributed by atoms with Crippen molar-refractivity contribution < 1.29 is 13.0 Å². The van der Waals surface area contributed by atoms with Gasteiger partial charge in [0.1, 0.15) is 0 Å². The third kappa shape index (κ3) is 4.90. The van der Waals surface area contributed by atoms with Crippen LogP contribution in [0, 0.1) is 0 Å². The summed E-state index contributed by atoms with van der Waals surface area (Å²) in [7, 11) is -7.54. The highest BCUT2D eigenvalue weighted by atomic mass is 32.2. The van der Waals surface area contributed by atoms with Crippen LogP contribution >= 0.6 is 7.14 Å². The molecular weight excluding hydrogens is 800 g/mol. The van der Waals surface area contributed by atoms with Gasteiger partial charge in [-0.15, -0.1) is 0 Å². The molecule has 2 aliphatic rings. The quantitative estimate of drug-likeness (QED) is 0.162. The first-order chi connectivity index (χ1) is 30.4. The predicted molar refractivity (Wildman–Crippen MR) is 252 cm³/mol. The molecule has 5 nitrogen and oxygen atoms in total. The maximum absolute atomic E-state index is 16.1. The van der Waals surface area contributed by atoms with Gasteiger partial charge in [-0.25, -0.2) is 8.42 Å². The molecule has 10 aromatic rings. The van der Waals surface area contributed by atoms with E-state index >= 15 is 13.0 Å². The Labute approximate surface area is 360 Å². The van der Waals surface area contributed by atoms with Crippen LogP contribution in [0.2, 0.25) is 0 Å². The van der Waals surface area contributed by atoms with Gasteiger partial charge in [-0.3, -0.25) is 0 Å². The van der Waals surface area contributed by atoms with Gasteiger partial charge in [0.15, 0.2) is 7.14 Å². The first kappa shape index (κ1) is 36.6. The number of anilines is 3. The highest BCUT2D eigenvalue weighted by molar-refractivity contribution is 7.92. The summed E-state index contributed by atoms with van der Waals surface area (Å²) in [5, 5.41) is 3.68. The van der Waals surface area contributed by atoms with Gasteiger partial charge >= 0.3 is 0 Å². The lowest BCUT2D eigenvalue weighted by Gasteiger charge is -2.47. The average Bonchev–Trinajstić information content (AvgIpc) is 3.67. The second-order valence-electron chi connectivity index (χ2n) is 15.9. The van der Waals surface area contributed by atoms with Gasteiger partial charge in [0, 0.05) is 49.4 Å². The lowest BCUT2D eigenvalue weighted by atomic mass is 9.64. The van der Waals surface area contributed by atoms with E-state index in [1.54, 1.807) is 6.07 Å². The lowest BCUT2D eigenvalue weighted by molar-refractivity contribution is 0.579. The molecule has 9 aromatic carbocycles. The van der Waals surface area contributed by atoms with E-state index in [2.05, 4.69) is 82.3 Å². The van der Waals surface area contributed by atoms with E-state index in [0.717, 1.165) is 55.6 Å². The molecule has 2 aliphatic heterocycles. The Morgan fingerprint density at radius 3 is 1.56 bits per heavy atom. The van der Waals surface area contributed by atoms with Crippen LogP contribution < -0.4 is 20.8 Å². The van der Waals surface area contributed by atoms with Crippen molar-refractivity contribution in [2.24, 2.45) is 0 Å². The zero-order chi connectivity index (χ0) is 41.6. The summed E-state index contributed by atoms with van der Waals surface area (Å²) in [6.07, 6.45) is 0. The fraction of sp³-hybridized carbons (Fsp3) is 0.0182. The normalized spacial score (nSPS) is 18.1. The third-order valence-corrected chi connectivity index (χ3v) is 17.9. The molecule has 296 valence electrons. The minimum absolute atomic E-state index is 0.254. The number of benzene rings is 9. The van der Waals surface area contributed by atoms with Crippen molar-refractivity contribution in [3.05, 3.63) is 247 Å². The molecule has 0 N–H and O–H groups in total. The molecule has 0 saturated heterocycles. The Kier molecular flexibility index (Phi) is 8.05. The van der Waals surface area contributed by atoms with Gasteiger partial charge in [-0.1, -0.05) is 158 Å². The van der Waals surface area contributed by atoms with Crippen LogP contribution in [-0.2, 0) is 19.8 Å². The summed E-state index contributed by atoms with van der Waals surface area (Å²) < 4.78 is 49.5. The van der Waals surface area contributed by atoms with Gasteiger partial charge in [-0.2, -0.15) is 0 Å². The van der Waals surface area contributed by atoms with Crippen LogP contribution in [0.5, 0.6) is 0 Å². The minimum atomic E-state index is -4.12. The number of hydrogen-bond acceptors (Lipinski definition) is 4. The van der Waals surface area contributed by atoms with Crippen molar-refractivity contribution in [3.63, 3.8) is 0 Å². The smallest absolute Gasteiger partial charge is 0.207 e. The Balaban J connectivity index is 1.15. The molecular formula is C55H37N2O3PS. The first-order valence-corrected chi connectivity index (χ1v) is 23.9. The Morgan fingerprint density at radius 1 is 0.435 bits per heavy atom. The van der Waals surface area contributed by atoms with Gasteiger partial charge < -0.3 is 14.0 Å². The van der Waals surface area contributed by atoms with Crippen molar-refractivity contribution in [3.8, 4) is 5.69 Å². The molecule has 7 heteroatoms. The van der Waals surface area contributed by atoms with Crippen molar-refractivity contribution in [2.45, 2.75) is 15.2 Å². The van der Waals surface area contributed by atoms with E-state index in [1.165, 1.54) is 0 Å². The number of sulfone groups is 1. The van der Waals surface area contributed by atoms with E-state index in [0.29, 0.717) is 27.1 Å². The van der Waals surface area contributed by atoms with Crippen LogP contribution in [0.1, 0.15) is 22.3 Å². The topological polar surface area (TPSA) is 59.4 Å². The molecule has 0 fully saturated rings. The Morgan fingerprint density at radius 2 is 0.935 bits per heavy atom. The number of para-hydroxylation sites is 3. The maximum Gasteiger partial charge on any atom is 0.207 e. The van der Waals surface area contributed by atoms with Gasteiger partial charge in [0.2, 0.25) is 9.84 Å². The number of nitrogens with zero attached hydrogens (tertiary/aromatic N) is 2. The van der Waals surface area contributed by atoms with Gasteiger partial charge in [-0.05, 0) is 89.0 Å². The zero-order valence-electron chi connectivity index (χ0n) is 33.3. The fourth-order valence-corrected chi connectivity index (χ4v) is 15.5. The third-order valence-electron chi connectivity index (χ3n) is 12.9. The van der Waals surface area contributed by atoms with E-state index in [1.807, 2.05) is 146 Å². The second-order valence-corrected chi connectivity index (χ2v) is 20.5. The molecule has 1 aromatic heterocycles. The van der Waals surface area contributed by atoms with Crippen molar-refractivity contribution in [2.75, 3.05) is 4.90 Å². The summed E-state index contributed by atoms with van der Waals surface area (Å²) in [5.74, 6) is 0. The van der Waals surface area contributed by atoms with Crippen LogP contribution in [0.4, 0.5) is 17.1 Å². The number of aromatic nitrogens is 1. The van der Waals surface area contributed by atoms with Crippen molar-refractivity contribution >= 4 is 71.8 Å². The molecule has 12 rings (SSSR count). The molecule has 1 spiro atoms. The highest BCUT2D eigenvalue weighted by Crippen LogP contribution is 2.61. The minimum Gasteiger partial charge on any atom is -0.311 e. The molecule has 0 saturated carbocycles. The zero-order valence-corrected chi connectivity index (χ0v) is 35.0. The standard InChI is InChI=1S/C55H37N2O3PS/c58-61(42-22-8-3-9-23-42)50-29-15-11-25-44(50)55(45-26-12-16-30-51(45)61)46-27-13-17-31-52(46)62(59,60)54-47(55)36-37-49-53(54)43-24-10-14-28-48(43)57(49)41-34-32-40(33-35-41)56(38-18-4-1-5-19-38)39-20-6-2-7-21-39/h1-37H. The average molecular weight is 837 g/mol. The SMILES string of the molecule is O=P1(c2ccccc2)c2ccccc2C2(c3ccccc31)c1ccccc1S(=O)(=O)c1c2ccc2c1c1ccccc1n2-c1ccc(N(c2ccccc2)c2ccccc2)cc1. The van der Waals surface area contributed by atoms with E-state index in [9.17, 15) is 0 Å². The largest absolute Gasteiger partial charge is 0.311 e. The monoisotopic (exact) mass is 836 g/mol. The second kappa shape index (κ2) is 13.6. The summed E-state index contributed by atoms with van der Waals surface area (Å²) in [6.45, 7) is 0. The van der Waals surface area contributed by atoms with Crippen molar-refractivity contribution in [1.29, 1.82) is 0 Å². The molecule has 0 aliphatic carbocycles. The van der Waals surface area contributed by atoms with Crippen LogP contribution in [0.25, 0.3) is 27.5 Å². The van der Waals surface area contributed by atoms with E-state index in [4.69, 9.17) is 0 Å². The molecule has 0 unspecified atom stereocenters. The first-order valence-electron chi connectivity index (χ1n) is 20.7. The fourth-order valence-electron chi connectivity index (χ4n) is 10.4. The molecule has 0 amide bonds. The number of rotatable bonds is 5. The van der Waals surface area contributed by atoms with Gasteiger partial charge in [0.25, 0.3) is 0 Å². The van der Waals surface area contributed by atoms with Gasteiger partial charge in [0.05, 0.1) is 26.2 Å². The summed E-state index contributed by atoms with van der Waals surface area (Å²) in [5.41, 5.74) is 7.53. The number of hydrogen-bond donors (Lipinski definition) is 0. The maximum atomic E-state index is 16.1. The predicted octanol–water partition coefficient (Wildman–Crippen LogP) is 11.7. The summed E-state index contributed by atoms with van der Waals surface area (Å²) in [4.78, 5) is 2.76. The molecule has 62 heavy (non-hydrogen) atoms. The number of fused-ring (bicyclic) bond motifs is 12. The van der Waals surface area contributed by atoms with E-state index in [-0.39, 0.29) is 9.79 Å². The highest BCUT2D eigenvalue weighted by Gasteiger charge is 2.56. The van der Waals surface area contributed by atoms with E-state index < -0.39 is 22.4 Å². The molecule has 3 heterocycles. The Hall–Kier alpha value is -7.24. The van der Waals surface area contributed by atoms with Crippen molar-refractivity contribution in [1.82, 2.24) is 4.57 Å². The van der Waals surface area contributed by atoms with Crippen LogP contribution in [0.3, 0.4) is 0 Å². The summed E-state index contributed by atoms with van der Waals surface area (Å²) in [6, 6.07) is 74.4. The van der Waals surface area contributed by atoms with Crippen LogP contribution in [-0.4, -0.2) is 13.0 Å².